The Balaban J connectivity index is 0.00000193. The minimum atomic E-state index is -4.10. The van der Waals surface area contributed by atoms with E-state index in [1.807, 2.05) is 0 Å². The Morgan fingerprint density at radius 1 is 1.06 bits per heavy atom. The predicted molar refractivity (Wildman–Crippen MR) is 117 cm³/mol. The molecule has 0 amide bonds. The zero-order chi connectivity index (χ0) is 21.8. The van der Waals surface area contributed by atoms with Crippen LogP contribution in [0, 0.1) is 7.43 Å². The Hall–Kier alpha value is -2.54. The molecule has 0 atom stereocenters. The second kappa shape index (κ2) is 11.5. The first-order valence-corrected chi connectivity index (χ1v) is 11.0. The fraction of sp³-hybridized carbons (Fsp3) is 0.167. The summed E-state index contributed by atoms with van der Waals surface area (Å²) >= 11 is 3.24. The van der Waals surface area contributed by atoms with Crippen molar-refractivity contribution in [3.05, 3.63) is 48.8 Å². The van der Waals surface area contributed by atoms with Gasteiger partial charge in [-0.2, -0.15) is 8.42 Å². The number of aromatic nitrogens is 4. The molecule has 0 fully saturated rings. The number of fused-ring (bicyclic) bond motifs is 1. The van der Waals surface area contributed by atoms with Gasteiger partial charge in [0.15, 0.2) is 17.3 Å². The van der Waals surface area contributed by atoms with Gasteiger partial charge in [0.2, 0.25) is 12.7 Å². The third-order valence-electron chi connectivity index (χ3n) is 3.86. The maximum Gasteiger partial charge on any atom is 0.316 e. The van der Waals surface area contributed by atoms with Gasteiger partial charge in [-0.15, -0.1) is 0 Å². The van der Waals surface area contributed by atoms with E-state index in [-0.39, 0.29) is 71.8 Å². The van der Waals surface area contributed by atoms with Gasteiger partial charge in [0.1, 0.15) is 19.5 Å². The normalized spacial score (nSPS) is 11.7. The van der Waals surface area contributed by atoms with Gasteiger partial charge in [0.05, 0.1) is 10.0 Å². The van der Waals surface area contributed by atoms with Crippen LogP contribution in [0.1, 0.15) is 0 Å². The molecular weight excluding hydrogens is 692 g/mol. The molecule has 3 N–H and O–H groups in total. The molecule has 1 aliphatic rings. The molecule has 1 aromatic carbocycles. The molecule has 0 saturated carbocycles. The second-order valence-electron chi connectivity index (χ2n) is 6.00. The summed E-state index contributed by atoms with van der Waals surface area (Å²) in [5.74, 6) is 1.11. The van der Waals surface area contributed by atoms with E-state index >= 15 is 0 Å². The van der Waals surface area contributed by atoms with Gasteiger partial charge in [-0.3, -0.25) is 4.72 Å². The summed E-state index contributed by atoms with van der Waals surface area (Å²) in [6.45, 7) is 0.276. The predicted octanol–water partition coefficient (Wildman–Crippen LogP) is 1.95. The Kier molecular flexibility index (Phi) is 9.34. The van der Waals surface area contributed by atoms with E-state index in [9.17, 15) is 8.42 Å². The molecule has 15 heteroatoms. The monoisotopic (exact) mass is 709 g/mol. The summed E-state index contributed by atoms with van der Waals surface area (Å²) in [5.41, 5.74) is 0.804. The van der Waals surface area contributed by atoms with E-state index in [0.717, 1.165) is 10.8 Å². The fourth-order valence-corrected chi connectivity index (χ4v) is 3.28. The summed E-state index contributed by atoms with van der Waals surface area (Å²) in [4.78, 5) is 16.1. The summed E-state index contributed by atoms with van der Waals surface area (Å²) < 4.78 is 48.0. The van der Waals surface area contributed by atoms with Gasteiger partial charge in [-0.1, -0.05) is 6.07 Å². The molecule has 0 spiro atoms. The van der Waals surface area contributed by atoms with Crippen molar-refractivity contribution in [3.63, 3.8) is 0 Å². The maximum atomic E-state index is 11.6. The van der Waals surface area contributed by atoms with Crippen LogP contribution >= 0.6 is 15.9 Å². The number of hydrogen-bond donors (Lipinski definition) is 2. The number of benzene rings is 1. The first-order valence-electron chi connectivity index (χ1n) is 8.68. The van der Waals surface area contributed by atoms with E-state index in [1.54, 1.807) is 30.6 Å². The number of nitrogens with two attached hydrogens (primary N) is 1. The van der Waals surface area contributed by atoms with Crippen LogP contribution in [0.5, 0.6) is 23.4 Å². The number of nitrogens with zero attached hydrogens (tertiary/aromatic N) is 4. The minimum Gasteiger partial charge on any atom is -0.473 e. The molecule has 0 aliphatic carbocycles. The number of rotatable bonds is 8. The average Bonchev–Trinajstić information content (AvgIpc) is 3.19. The second-order valence-corrected chi connectivity index (χ2v) is 8.21. The number of hydrogen-bond acceptors (Lipinski definition) is 10. The number of anilines is 1. The average molecular weight is 710 g/mol. The number of nitrogens with one attached hydrogen (secondary N) is 1. The van der Waals surface area contributed by atoms with Gasteiger partial charge < -0.3 is 26.4 Å². The van der Waals surface area contributed by atoms with E-state index in [4.69, 9.17) is 24.1 Å². The van der Waals surface area contributed by atoms with Gasteiger partial charge >= 0.3 is 6.01 Å². The van der Waals surface area contributed by atoms with Crippen molar-refractivity contribution in [2.24, 2.45) is 5.14 Å². The summed E-state index contributed by atoms with van der Waals surface area (Å²) in [6, 6.07) is 5.22. The molecule has 3 aromatic rings. The van der Waals surface area contributed by atoms with Crippen LogP contribution in [0.25, 0.3) is 11.1 Å². The Morgan fingerprint density at radius 2 is 1.76 bits per heavy atom. The van der Waals surface area contributed by atoms with Crippen molar-refractivity contribution in [1.82, 2.24) is 19.9 Å². The fourth-order valence-electron chi connectivity index (χ4n) is 2.65. The summed E-state index contributed by atoms with van der Waals surface area (Å²) in [6.07, 6.45) is 4.26. The van der Waals surface area contributed by atoms with Crippen LogP contribution in [0.15, 0.2) is 41.4 Å². The Labute approximate surface area is 212 Å². The molecule has 176 valence electrons. The molecule has 0 radical (unpaired) electrons. The zero-order valence-corrected chi connectivity index (χ0v) is 22.4. The SMILES string of the molecule is NS(=O)(=O)Nc1ncnc(OCCOc2ncc(Br)cn2)c1-c1ccc2c(c1)OCO2.[CH3-].[W]. The van der Waals surface area contributed by atoms with E-state index < -0.39 is 10.2 Å². The van der Waals surface area contributed by atoms with Gasteiger partial charge in [-0.05, 0) is 33.6 Å². The summed E-state index contributed by atoms with van der Waals surface area (Å²) in [7, 11) is -4.10. The number of ether oxygens (including phenoxy) is 4. The van der Waals surface area contributed by atoms with Crippen LogP contribution in [0.4, 0.5) is 5.82 Å². The summed E-state index contributed by atoms with van der Waals surface area (Å²) in [5, 5.41) is 5.13. The zero-order valence-electron chi connectivity index (χ0n) is 17.1. The number of halogens is 1. The van der Waals surface area contributed by atoms with Gasteiger partial charge in [0.25, 0.3) is 10.2 Å². The van der Waals surface area contributed by atoms with Crippen LogP contribution in [0.3, 0.4) is 0 Å². The molecule has 0 saturated heterocycles. The van der Waals surface area contributed by atoms with Crippen LogP contribution < -0.4 is 28.8 Å². The topological polar surface area (TPSA) is 161 Å². The van der Waals surface area contributed by atoms with Crippen molar-refractivity contribution in [3.8, 4) is 34.5 Å². The minimum absolute atomic E-state index is 0. The van der Waals surface area contributed by atoms with Crippen molar-refractivity contribution in [2.45, 2.75) is 0 Å². The molecule has 0 bridgehead atoms. The standard InChI is InChI=1S/C17H15BrN6O6S.CH3.W/c18-11-6-20-17(21-7-11)28-4-3-27-16-14(15(22-8-23-16)24-31(19,25)26)10-1-2-12-13(5-10)30-9-29-12;;/h1-2,5-8H,3-4,9H2,(H2,19,25,26)(H,22,23,24);1H3;/q;-1;. The molecule has 33 heavy (non-hydrogen) atoms. The quantitative estimate of drug-likeness (QED) is 0.261. The molecule has 0 unspecified atom stereocenters. The van der Waals surface area contributed by atoms with E-state index in [0.29, 0.717) is 17.1 Å². The van der Waals surface area contributed by atoms with E-state index in [1.165, 1.54) is 0 Å². The molecule has 12 nitrogen and oxygen atoms in total. The molecule has 3 heterocycles. The molecule has 1 aliphatic heterocycles. The smallest absolute Gasteiger partial charge is 0.316 e. The van der Waals surface area contributed by atoms with Crippen LogP contribution in [-0.2, 0) is 31.3 Å². The Bertz CT molecular complexity index is 1200. The van der Waals surface area contributed by atoms with Gasteiger partial charge in [-0.25, -0.2) is 25.1 Å². The van der Waals surface area contributed by atoms with Gasteiger partial charge in [0, 0.05) is 33.5 Å². The maximum absolute atomic E-state index is 11.6. The first kappa shape index (κ1) is 26.7. The molecule has 2 aromatic heterocycles. The third-order valence-corrected chi connectivity index (χ3v) is 4.75. The Morgan fingerprint density at radius 3 is 2.48 bits per heavy atom. The van der Waals surface area contributed by atoms with Crippen molar-refractivity contribution < 1.29 is 48.4 Å². The van der Waals surface area contributed by atoms with Crippen LogP contribution in [-0.4, -0.2) is 48.4 Å². The van der Waals surface area contributed by atoms with Crippen molar-refractivity contribution in [1.29, 1.82) is 0 Å². The largest absolute Gasteiger partial charge is 0.473 e. The van der Waals surface area contributed by atoms with Crippen molar-refractivity contribution in [2.75, 3.05) is 24.7 Å². The third kappa shape index (κ3) is 6.97. The molecule has 4 rings (SSSR count). The van der Waals surface area contributed by atoms with Crippen LogP contribution in [0.2, 0.25) is 0 Å². The van der Waals surface area contributed by atoms with Crippen molar-refractivity contribution >= 4 is 32.0 Å². The molecular formula is C18H18BrN6O6SW-. The first-order chi connectivity index (χ1) is 14.9. The van der Waals surface area contributed by atoms with E-state index in [2.05, 4.69) is 40.6 Å².